The lowest BCUT2D eigenvalue weighted by molar-refractivity contribution is -0.121. The van der Waals surface area contributed by atoms with E-state index in [0.29, 0.717) is 24.6 Å². The van der Waals surface area contributed by atoms with Gasteiger partial charge in [-0.1, -0.05) is 23.9 Å². The average Bonchev–Trinajstić information content (AvgIpc) is 3.32. The number of fused-ring (bicyclic) bond motifs is 1. The third-order valence-corrected chi connectivity index (χ3v) is 5.75. The summed E-state index contributed by atoms with van der Waals surface area (Å²) >= 11 is 2.82. The molecule has 1 aliphatic heterocycles. The minimum atomic E-state index is -0.186. The van der Waals surface area contributed by atoms with E-state index < -0.39 is 0 Å². The highest BCUT2D eigenvalue weighted by molar-refractivity contribution is 8.13. The van der Waals surface area contributed by atoms with E-state index in [1.54, 1.807) is 16.2 Å². The Balaban J connectivity index is 1.38. The van der Waals surface area contributed by atoms with E-state index in [1.165, 1.54) is 11.8 Å². The summed E-state index contributed by atoms with van der Waals surface area (Å²) in [7, 11) is 0. The number of nitrogens with zero attached hydrogens (tertiary/aromatic N) is 2. The molecule has 0 unspecified atom stereocenters. The molecule has 0 bridgehead atoms. The van der Waals surface area contributed by atoms with Gasteiger partial charge in [-0.05, 0) is 24.3 Å². The maximum atomic E-state index is 11.9. The van der Waals surface area contributed by atoms with E-state index in [2.05, 4.69) is 10.3 Å². The summed E-state index contributed by atoms with van der Waals surface area (Å²) in [5, 5.41) is 3.57. The second-order valence-electron chi connectivity index (χ2n) is 5.57. The van der Waals surface area contributed by atoms with E-state index in [9.17, 15) is 9.59 Å². The number of amides is 2. The number of carbonyl (C=O) groups is 2. The molecule has 25 heavy (non-hydrogen) atoms. The van der Waals surface area contributed by atoms with Gasteiger partial charge < -0.3 is 14.6 Å². The van der Waals surface area contributed by atoms with Gasteiger partial charge in [-0.2, -0.15) is 0 Å². The zero-order valence-corrected chi connectivity index (χ0v) is 14.9. The fraction of sp³-hybridized carbons (Fsp3) is 0.235. The molecule has 3 aromatic rings. The molecule has 2 aromatic heterocycles. The van der Waals surface area contributed by atoms with E-state index in [0.717, 1.165) is 21.0 Å². The Bertz CT molecular complexity index is 901. The summed E-state index contributed by atoms with van der Waals surface area (Å²) in [4.78, 5) is 29.6. The summed E-state index contributed by atoms with van der Waals surface area (Å²) in [6.07, 6.45) is 0. The van der Waals surface area contributed by atoms with Crippen LogP contribution in [0.25, 0.3) is 21.0 Å². The highest BCUT2D eigenvalue weighted by Crippen LogP contribution is 2.31. The topological polar surface area (TPSA) is 75.4 Å². The first-order valence-electron chi connectivity index (χ1n) is 7.82. The van der Waals surface area contributed by atoms with E-state index in [4.69, 9.17) is 4.42 Å². The molecule has 128 valence electrons. The summed E-state index contributed by atoms with van der Waals surface area (Å²) in [6.45, 7) is 1.01. The van der Waals surface area contributed by atoms with Crippen molar-refractivity contribution in [2.45, 2.75) is 6.54 Å². The van der Waals surface area contributed by atoms with Crippen molar-refractivity contribution in [1.82, 2.24) is 15.2 Å². The first-order chi connectivity index (χ1) is 12.2. The van der Waals surface area contributed by atoms with Gasteiger partial charge in [-0.3, -0.25) is 9.59 Å². The number of hydrogen-bond donors (Lipinski definition) is 1. The Morgan fingerprint density at radius 2 is 2.16 bits per heavy atom. The van der Waals surface area contributed by atoms with Crippen molar-refractivity contribution in [3.8, 4) is 10.8 Å². The molecular weight excluding hydrogens is 358 g/mol. The molecule has 6 nitrogen and oxygen atoms in total. The molecule has 2 amide bonds. The molecule has 1 saturated heterocycles. The van der Waals surface area contributed by atoms with Gasteiger partial charge in [0.05, 0.1) is 16.8 Å². The Morgan fingerprint density at radius 1 is 1.28 bits per heavy atom. The highest BCUT2D eigenvalue weighted by atomic mass is 32.2. The summed E-state index contributed by atoms with van der Waals surface area (Å²) in [5.74, 6) is 1.91. The first-order valence-corrected chi connectivity index (χ1v) is 9.62. The molecule has 1 N–H and O–H groups in total. The Morgan fingerprint density at radius 3 is 2.96 bits per heavy atom. The first kappa shape index (κ1) is 16.2. The number of furan rings is 1. The van der Waals surface area contributed by atoms with Crippen LogP contribution in [0.4, 0.5) is 4.79 Å². The summed E-state index contributed by atoms with van der Waals surface area (Å²) in [5.41, 5.74) is 0.946. The third-order valence-electron chi connectivity index (χ3n) is 3.81. The number of thiazole rings is 1. The van der Waals surface area contributed by atoms with E-state index >= 15 is 0 Å². The van der Waals surface area contributed by atoms with Crippen molar-refractivity contribution in [3.05, 3.63) is 42.2 Å². The number of aromatic nitrogens is 1. The molecule has 0 spiro atoms. The minimum Gasteiger partial charge on any atom is -0.457 e. The predicted octanol–water partition coefficient (Wildman–Crippen LogP) is 3.34. The molecule has 1 aromatic carbocycles. The lowest BCUT2D eigenvalue weighted by Gasteiger charge is -2.13. The fourth-order valence-electron chi connectivity index (χ4n) is 2.55. The van der Waals surface area contributed by atoms with E-state index in [-0.39, 0.29) is 17.7 Å². The second-order valence-corrected chi connectivity index (χ2v) is 7.64. The lowest BCUT2D eigenvalue weighted by atomic mass is 10.3. The minimum absolute atomic E-state index is 0.0359. The SMILES string of the molecule is O=C(CN1CCSC1=O)NCc1ccc(-c2nc3ccccc3s2)o1. The van der Waals surface area contributed by atoms with Crippen LogP contribution in [0.3, 0.4) is 0 Å². The van der Waals surface area contributed by atoms with Gasteiger partial charge in [0.15, 0.2) is 10.8 Å². The van der Waals surface area contributed by atoms with Crippen molar-refractivity contribution < 1.29 is 14.0 Å². The average molecular weight is 373 g/mol. The maximum Gasteiger partial charge on any atom is 0.282 e. The summed E-state index contributed by atoms with van der Waals surface area (Å²) in [6, 6.07) is 11.6. The number of hydrogen-bond acceptors (Lipinski definition) is 6. The van der Waals surface area contributed by atoms with Crippen LogP contribution in [-0.2, 0) is 11.3 Å². The predicted molar refractivity (Wildman–Crippen MR) is 98.6 cm³/mol. The van der Waals surface area contributed by atoms with Gasteiger partial charge >= 0.3 is 0 Å². The van der Waals surface area contributed by atoms with Gasteiger partial charge in [0.1, 0.15) is 12.3 Å². The monoisotopic (exact) mass is 373 g/mol. The van der Waals surface area contributed by atoms with Crippen LogP contribution in [-0.4, -0.2) is 39.9 Å². The number of carbonyl (C=O) groups excluding carboxylic acids is 2. The van der Waals surface area contributed by atoms with Crippen molar-refractivity contribution in [2.24, 2.45) is 0 Å². The van der Waals surface area contributed by atoms with Crippen LogP contribution < -0.4 is 5.32 Å². The van der Waals surface area contributed by atoms with Gasteiger partial charge in [0.25, 0.3) is 5.24 Å². The fourth-order valence-corrected chi connectivity index (χ4v) is 4.30. The number of rotatable bonds is 5. The van der Waals surface area contributed by atoms with Crippen LogP contribution >= 0.6 is 23.1 Å². The van der Waals surface area contributed by atoms with Crippen molar-refractivity contribution in [2.75, 3.05) is 18.8 Å². The number of thioether (sulfide) groups is 1. The van der Waals surface area contributed by atoms with Crippen LogP contribution in [0.2, 0.25) is 0 Å². The second kappa shape index (κ2) is 6.89. The molecule has 0 atom stereocenters. The zero-order chi connectivity index (χ0) is 17.2. The molecular formula is C17H15N3O3S2. The molecule has 0 saturated carbocycles. The number of nitrogens with one attached hydrogen (secondary N) is 1. The Hall–Kier alpha value is -2.32. The standard InChI is InChI=1S/C17H15N3O3S2/c21-15(10-20-7-8-24-17(20)22)18-9-11-5-6-13(23-11)16-19-12-3-1-2-4-14(12)25-16/h1-6H,7-10H2,(H,18,21). The maximum absolute atomic E-state index is 11.9. The third kappa shape index (κ3) is 3.54. The lowest BCUT2D eigenvalue weighted by Crippen LogP contribution is -2.36. The van der Waals surface area contributed by atoms with Crippen molar-refractivity contribution >= 4 is 44.5 Å². The normalized spacial score (nSPS) is 14.4. The van der Waals surface area contributed by atoms with Gasteiger partial charge in [0, 0.05) is 12.3 Å². The van der Waals surface area contributed by atoms with Gasteiger partial charge in [-0.25, -0.2) is 4.98 Å². The Labute approximate surface area is 152 Å². The van der Waals surface area contributed by atoms with E-state index in [1.807, 2.05) is 36.4 Å². The highest BCUT2D eigenvalue weighted by Gasteiger charge is 2.23. The smallest absolute Gasteiger partial charge is 0.282 e. The van der Waals surface area contributed by atoms with Crippen molar-refractivity contribution in [1.29, 1.82) is 0 Å². The van der Waals surface area contributed by atoms with Gasteiger partial charge in [0.2, 0.25) is 5.91 Å². The summed E-state index contributed by atoms with van der Waals surface area (Å²) < 4.78 is 6.90. The quantitative estimate of drug-likeness (QED) is 0.742. The molecule has 0 radical (unpaired) electrons. The van der Waals surface area contributed by atoms with Crippen LogP contribution in [0, 0.1) is 0 Å². The van der Waals surface area contributed by atoms with Gasteiger partial charge in [-0.15, -0.1) is 11.3 Å². The molecule has 0 aliphatic carbocycles. The zero-order valence-electron chi connectivity index (χ0n) is 13.2. The largest absolute Gasteiger partial charge is 0.457 e. The van der Waals surface area contributed by atoms with Crippen molar-refractivity contribution in [3.63, 3.8) is 0 Å². The Kier molecular flexibility index (Phi) is 4.46. The molecule has 8 heteroatoms. The number of para-hydroxylation sites is 1. The molecule has 4 rings (SSSR count). The number of benzene rings is 1. The molecule has 3 heterocycles. The molecule has 1 fully saturated rings. The molecule has 1 aliphatic rings. The van der Waals surface area contributed by atoms with Crippen LogP contribution in [0.15, 0.2) is 40.8 Å². The van der Waals surface area contributed by atoms with Crippen LogP contribution in [0.1, 0.15) is 5.76 Å². The van der Waals surface area contributed by atoms with Crippen LogP contribution in [0.5, 0.6) is 0 Å².